The first kappa shape index (κ1) is 15.3. The summed E-state index contributed by atoms with van der Waals surface area (Å²) in [6.07, 6.45) is 14.8. The first-order valence-corrected chi connectivity index (χ1v) is 6.57. The summed E-state index contributed by atoms with van der Waals surface area (Å²) in [5.74, 6) is -0.211. The van der Waals surface area contributed by atoms with E-state index in [4.69, 9.17) is 0 Å². The summed E-state index contributed by atoms with van der Waals surface area (Å²) in [4.78, 5) is 20.5. The highest BCUT2D eigenvalue weighted by Gasteiger charge is 2.07. The number of carbonyl (C=O) groups excluding carboxylic acids is 2. The van der Waals surface area contributed by atoms with Gasteiger partial charge in [0.15, 0.2) is 6.29 Å². The predicted octanol–water partition coefficient (Wildman–Crippen LogP) is 3.74. The summed E-state index contributed by atoms with van der Waals surface area (Å²) in [5, 5.41) is 0. The minimum Gasteiger partial charge on any atom is -0.291 e. The summed E-state index contributed by atoms with van der Waals surface area (Å²) < 4.78 is 0. The van der Waals surface area contributed by atoms with Crippen LogP contribution in [0.5, 0.6) is 0 Å². The van der Waals surface area contributed by atoms with Crippen LogP contribution in [0.4, 0.5) is 0 Å². The fraction of sp³-hybridized carbons (Fsp3) is 0.857. The lowest BCUT2D eigenvalue weighted by atomic mass is 9.99. The Balaban J connectivity index is 3.18. The van der Waals surface area contributed by atoms with Gasteiger partial charge in [-0.2, -0.15) is 0 Å². The number of rotatable bonds is 12. The summed E-state index contributed by atoms with van der Waals surface area (Å²) in [6, 6.07) is 0. The molecule has 0 aromatic rings. The first-order chi connectivity index (χ1) is 7.85. The van der Waals surface area contributed by atoms with Gasteiger partial charge in [-0.1, -0.05) is 58.3 Å². The Bertz CT molecular complexity index is 166. The third-order valence-electron chi connectivity index (χ3n) is 2.90. The minimum atomic E-state index is -0.211. The SMILES string of the molecule is CCCCCCCCCCC([C]=O)C[C]=O. The molecule has 1 unspecified atom stereocenters. The van der Waals surface area contributed by atoms with E-state index in [-0.39, 0.29) is 12.3 Å². The van der Waals surface area contributed by atoms with Crippen LogP contribution >= 0.6 is 0 Å². The molecule has 0 aliphatic heterocycles. The lowest BCUT2D eigenvalue weighted by Crippen LogP contribution is -2.02. The summed E-state index contributed by atoms with van der Waals surface area (Å²) >= 11 is 0. The van der Waals surface area contributed by atoms with E-state index in [2.05, 4.69) is 6.92 Å². The van der Waals surface area contributed by atoms with Crippen LogP contribution < -0.4 is 0 Å². The molecule has 1 atom stereocenters. The second-order valence-corrected chi connectivity index (χ2v) is 4.43. The molecule has 2 radical (unpaired) electrons. The van der Waals surface area contributed by atoms with Gasteiger partial charge in [0.25, 0.3) is 0 Å². The Kier molecular flexibility index (Phi) is 11.9. The van der Waals surface area contributed by atoms with Crippen molar-refractivity contribution < 1.29 is 9.59 Å². The van der Waals surface area contributed by atoms with Crippen molar-refractivity contribution in [1.29, 1.82) is 0 Å². The van der Waals surface area contributed by atoms with Crippen molar-refractivity contribution in [3.05, 3.63) is 0 Å². The van der Waals surface area contributed by atoms with E-state index in [9.17, 15) is 9.59 Å². The van der Waals surface area contributed by atoms with Gasteiger partial charge in [-0.25, -0.2) is 0 Å². The van der Waals surface area contributed by atoms with Crippen molar-refractivity contribution in [3.63, 3.8) is 0 Å². The smallest absolute Gasteiger partial charge is 0.202 e. The molecule has 0 fully saturated rings. The Morgan fingerprint density at radius 1 is 0.875 bits per heavy atom. The van der Waals surface area contributed by atoms with Crippen molar-refractivity contribution in [2.45, 2.75) is 71.1 Å². The number of unbranched alkanes of at least 4 members (excludes halogenated alkanes) is 7. The van der Waals surface area contributed by atoms with E-state index >= 15 is 0 Å². The van der Waals surface area contributed by atoms with Gasteiger partial charge in [0.05, 0.1) is 0 Å². The lowest BCUT2D eigenvalue weighted by Gasteiger charge is -2.04. The monoisotopic (exact) mass is 224 g/mol. The van der Waals surface area contributed by atoms with Gasteiger partial charge < -0.3 is 0 Å². The molecule has 0 rings (SSSR count). The van der Waals surface area contributed by atoms with E-state index < -0.39 is 0 Å². The van der Waals surface area contributed by atoms with E-state index in [1.165, 1.54) is 44.9 Å². The van der Waals surface area contributed by atoms with Crippen LogP contribution in [0.2, 0.25) is 0 Å². The fourth-order valence-electron chi connectivity index (χ4n) is 1.83. The summed E-state index contributed by atoms with van der Waals surface area (Å²) in [5.41, 5.74) is 0. The average Bonchev–Trinajstić information content (AvgIpc) is 2.31. The van der Waals surface area contributed by atoms with Gasteiger partial charge >= 0.3 is 0 Å². The van der Waals surface area contributed by atoms with Gasteiger partial charge in [0, 0.05) is 12.3 Å². The Hall–Kier alpha value is -0.660. The zero-order chi connectivity index (χ0) is 12.1. The average molecular weight is 224 g/mol. The molecule has 0 spiro atoms. The molecule has 0 aromatic carbocycles. The summed E-state index contributed by atoms with van der Waals surface area (Å²) in [6.45, 7) is 2.22. The molecule has 2 heteroatoms. The van der Waals surface area contributed by atoms with E-state index in [1.807, 2.05) is 6.29 Å². The third-order valence-corrected chi connectivity index (χ3v) is 2.90. The van der Waals surface area contributed by atoms with Gasteiger partial charge in [0.1, 0.15) is 0 Å². The van der Waals surface area contributed by atoms with E-state index in [0.717, 1.165) is 12.8 Å². The molecule has 0 aliphatic rings. The van der Waals surface area contributed by atoms with Crippen molar-refractivity contribution in [3.8, 4) is 0 Å². The molecule has 0 saturated carbocycles. The minimum absolute atomic E-state index is 0.211. The van der Waals surface area contributed by atoms with Crippen molar-refractivity contribution >= 4 is 12.6 Å². The van der Waals surface area contributed by atoms with E-state index in [0.29, 0.717) is 0 Å². The number of hydrogen-bond acceptors (Lipinski definition) is 2. The molecule has 0 bridgehead atoms. The predicted molar refractivity (Wildman–Crippen MR) is 66.7 cm³/mol. The van der Waals surface area contributed by atoms with Crippen molar-refractivity contribution in [2.24, 2.45) is 5.92 Å². The topological polar surface area (TPSA) is 34.1 Å². The highest BCUT2D eigenvalue weighted by Crippen LogP contribution is 2.13. The lowest BCUT2D eigenvalue weighted by molar-refractivity contribution is 0.478. The maximum atomic E-state index is 10.4. The molecule has 0 heterocycles. The molecule has 92 valence electrons. The second-order valence-electron chi connectivity index (χ2n) is 4.43. The molecule has 0 N–H and O–H groups in total. The quantitative estimate of drug-likeness (QED) is 0.473. The maximum absolute atomic E-state index is 10.4. The third kappa shape index (κ3) is 9.88. The molecule has 0 saturated heterocycles. The van der Waals surface area contributed by atoms with E-state index in [1.54, 1.807) is 6.29 Å². The van der Waals surface area contributed by atoms with Gasteiger partial charge in [-0.15, -0.1) is 0 Å². The van der Waals surface area contributed by atoms with Crippen LogP contribution in [0.15, 0.2) is 0 Å². The highest BCUT2D eigenvalue weighted by atomic mass is 16.1. The maximum Gasteiger partial charge on any atom is 0.202 e. The van der Waals surface area contributed by atoms with Crippen molar-refractivity contribution in [1.82, 2.24) is 0 Å². The van der Waals surface area contributed by atoms with Crippen LogP contribution in [0.1, 0.15) is 71.1 Å². The number of hydrogen-bond donors (Lipinski definition) is 0. The van der Waals surface area contributed by atoms with Gasteiger partial charge in [-0.05, 0) is 6.42 Å². The highest BCUT2D eigenvalue weighted by molar-refractivity contribution is 5.62. The zero-order valence-electron chi connectivity index (χ0n) is 10.5. The molecule has 0 amide bonds. The molecule has 2 nitrogen and oxygen atoms in total. The van der Waals surface area contributed by atoms with Crippen LogP contribution in [-0.4, -0.2) is 12.6 Å². The molecular formula is C14H24O2. The van der Waals surface area contributed by atoms with Crippen molar-refractivity contribution in [2.75, 3.05) is 0 Å². The van der Waals surface area contributed by atoms with Crippen LogP contribution in [0, 0.1) is 5.92 Å². The Labute approximate surface area is 99.8 Å². The van der Waals surface area contributed by atoms with Crippen LogP contribution in [-0.2, 0) is 9.59 Å². The molecular weight excluding hydrogens is 200 g/mol. The standard InChI is InChI=1S/C14H24O2/c1-2-3-4-5-6-7-8-9-10-14(13-16)11-12-15/h14H,2-11H2,1H3. The normalized spacial score (nSPS) is 12.3. The Morgan fingerprint density at radius 3 is 1.94 bits per heavy atom. The summed E-state index contributed by atoms with van der Waals surface area (Å²) in [7, 11) is 0. The molecule has 16 heavy (non-hydrogen) atoms. The Morgan fingerprint density at radius 2 is 1.44 bits per heavy atom. The fourth-order valence-corrected chi connectivity index (χ4v) is 1.83. The van der Waals surface area contributed by atoms with Gasteiger partial charge in [0.2, 0.25) is 6.29 Å². The second kappa shape index (κ2) is 12.4. The van der Waals surface area contributed by atoms with Crippen LogP contribution in [0.3, 0.4) is 0 Å². The molecule has 0 aliphatic carbocycles. The van der Waals surface area contributed by atoms with Gasteiger partial charge in [-0.3, -0.25) is 9.59 Å². The van der Waals surface area contributed by atoms with Crippen LogP contribution in [0.25, 0.3) is 0 Å². The molecule has 0 aromatic heterocycles. The first-order valence-electron chi connectivity index (χ1n) is 6.57. The largest absolute Gasteiger partial charge is 0.291 e. The zero-order valence-corrected chi connectivity index (χ0v) is 10.5.